The molecule has 9 nitrogen and oxygen atoms in total. The predicted octanol–water partition coefficient (Wildman–Crippen LogP) is 3.20. The van der Waals surface area contributed by atoms with Crippen LogP contribution in [0, 0.1) is 0 Å². The number of methoxy groups -OCH3 is 1. The Kier molecular flexibility index (Phi) is 6.95. The minimum Gasteiger partial charge on any atom is -0.497 e. The molecule has 0 saturated heterocycles. The number of anilines is 1. The highest BCUT2D eigenvalue weighted by molar-refractivity contribution is 7.99. The number of aromatic nitrogens is 2. The van der Waals surface area contributed by atoms with E-state index in [1.54, 1.807) is 43.3 Å². The Morgan fingerprint density at radius 1 is 1.10 bits per heavy atom. The van der Waals surface area contributed by atoms with Gasteiger partial charge in [0, 0.05) is 11.3 Å². The number of hydrogen-bond acceptors (Lipinski definition) is 9. The number of hydrogen-bond donors (Lipinski definition) is 1. The van der Waals surface area contributed by atoms with E-state index in [-0.39, 0.29) is 27.7 Å². The van der Waals surface area contributed by atoms with E-state index in [1.165, 1.54) is 19.2 Å². The van der Waals surface area contributed by atoms with Crippen molar-refractivity contribution in [1.82, 2.24) is 10.2 Å². The van der Waals surface area contributed by atoms with E-state index in [1.807, 2.05) is 0 Å². The van der Waals surface area contributed by atoms with Gasteiger partial charge in [0.2, 0.25) is 5.89 Å². The summed E-state index contributed by atoms with van der Waals surface area (Å²) < 4.78 is 42.9. The maximum absolute atomic E-state index is 12.5. The van der Waals surface area contributed by atoms with Crippen LogP contribution in [0.15, 0.2) is 63.1 Å². The molecule has 0 spiro atoms. The average Bonchev–Trinajstić information content (AvgIpc) is 3.22. The minimum atomic E-state index is -3.74. The van der Waals surface area contributed by atoms with Crippen molar-refractivity contribution >= 4 is 33.4 Å². The molecular formula is C19H19N3O6S2. The standard InChI is InChI=1S/C19H19N3O6S2/c1-3-27-17(23)12-29-19-21-20-18(28-19)13-4-6-14(7-5-13)22-30(24,25)16-10-8-15(26-2)9-11-16/h4-11,22H,3,12H2,1-2H3. The van der Waals surface area contributed by atoms with Crippen LogP contribution in [0.25, 0.3) is 11.5 Å². The molecule has 1 aromatic heterocycles. The summed E-state index contributed by atoms with van der Waals surface area (Å²) in [6, 6.07) is 12.6. The fourth-order valence-electron chi connectivity index (χ4n) is 2.36. The predicted molar refractivity (Wildman–Crippen MR) is 111 cm³/mol. The van der Waals surface area contributed by atoms with Crippen LogP contribution in [-0.4, -0.2) is 44.1 Å². The summed E-state index contributed by atoms with van der Waals surface area (Å²) >= 11 is 1.08. The quantitative estimate of drug-likeness (QED) is 0.388. The lowest BCUT2D eigenvalue weighted by Gasteiger charge is -2.09. The summed E-state index contributed by atoms with van der Waals surface area (Å²) in [7, 11) is -2.23. The van der Waals surface area contributed by atoms with Crippen molar-refractivity contribution < 1.29 is 27.1 Å². The van der Waals surface area contributed by atoms with Crippen molar-refractivity contribution in [2.24, 2.45) is 0 Å². The highest BCUT2D eigenvalue weighted by Crippen LogP contribution is 2.25. The Labute approximate surface area is 177 Å². The van der Waals surface area contributed by atoms with Crippen molar-refractivity contribution in [2.45, 2.75) is 17.0 Å². The second-order valence-electron chi connectivity index (χ2n) is 5.83. The Morgan fingerprint density at radius 2 is 1.80 bits per heavy atom. The van der Waals surface area contributed by atoms with Crippen molar-refractivity contribution in [2.75, 3.05) is 24.2 Å². The van der Waals surface area contributed by atoms with E-state index in [0.29, 0.717) is 23.6 Å². The van der Waals surface area contributed by atoms with Gasteiger partial charge in [-0.15, -0.1) is 10.2 Å². The van der Waals surface area contributed by atoms with Gasteiger partial charge in [0.25, 0.3) is 15.2 Å². The van der Waals surface area contributed by atoms with Crippen LogP contribution in [0.5, 0.6) is 5.75 Å². The molecule has 0 aliphatic rings. The first kappa shape index (κ1) is 21.7. The molecular weight excluding hydrogens is 430 g/mol. The summed E-state index contributed by atoms with van der Waals surface area (Å²) in [6.45, 7) is 2.04. The number of sulfonamides is 1. The highest BCUT2D eigenvalue weighted by atomic mass is 32.2. The number of carbonyl (C=O) groups excluding carboxylic acids is 1. The summed E-state index contributed by atoms with van der Waals surface area (Å²) in [5, 5.41) is 8.05. The monoisotopic (exact) mass is 449 g/mol. The molecule has 2 aromatic carbocycles. The molecule has 1 N–H and O–H groups in total. The summed E-state index contributed by atoms with van der Waals surface area (Å²) in [4.78, 5) is 11.5. The summed E-state index contributed by atoms with van der Waals surface area (Å²) in [5.74, 6) is 0.529. The van der Waals surface area contributed by atoms with Gasteiger partial charge in [-0.1, -0.05) is 11.8 Å². The van der Waals surface area contributed by atoms with Gasteiger partial charge < -0.3 is 13.9 Å². The number of nitrogens with zero attached hydrogens (tertiary/aromatic N) is 2. The zero-order valence-corrected chi connectivity index (χ0v) is 17.8. The second kappa shape index (κ2) is 9.63. The molecule has 0 aliphatic heterocycles. The van der Waals surface area contributed by atoms with E-state index in [4.69, 9.17) is 13.9 Å². The maximum atomic E-state index is 12.5. The van der Waals surface area contributed by atoms with E-state index in [2.05, 4.69) is 14.9 Å². The number of carbonyl (C=O) groups is 1. The zero-order chi connectivity index (χ0) is 21.6. The zero-order valence-electron chi connectivity index (χ0n) is 16.2. The van der Waals surface area contributed by atoms with E-state index in [0.717, 1.165) is 11.8 Å². The molecule has 11 heteroatoms. The first-order chi connectivity index (χ1) is 14.4. The Morgan fingerprint density at radius 3 is 2.43 bits per heavy atom. The molecule has 0 radical (unpaired) electrons. The number of thioether (sulfide) groups is 1. The Hall–Kier alpha value is -3.05. The number of ether oxygens (including phenoxy) is 2. The normalized spacial score (nSPS) is 11.1. The van der Waals surface area contributed by atoms with Crippen LogP contribution in [0.1, 0.15) is 6.92 Å². The van der Waals surface area contributed by atoms with E-state index >= 15 is 0 Å². The van der Waals surface area contributed by atoms with Crippen LogP contribution in [-0.2, 0) is 19.6 Å². The molecule has 3 aromatic rings. The lowest BCUT2D eigenvalue weighted by Crippen LogP contribution is -2.12. The van der Waals surface area contributed by atoms with Gasteiger partial charge in [0.15, 0.2) is 0 Å². The summed E-state index contributed by atoms with van der Waals surface area (Å²) in [6.07, 6.45) is 0. The highest BCUT2D eigenvalue weighted by Gasteiger charge is 2.15. The molecule has 1 heterocycles. The molecule has 0 bridgehead atoms. The lowest BCUT2D eigenvalue weighted by molar-refractivity contribution is -0.139. The molecule has 0 amide bonds. The number of nitrogens with one attached hydrogen (secondary N) is 1. The van der Waals surface area contributed by atoms with Crippen molar-refractivity contribution in [3.63, 3.8) is 0 Å². The molecule has 0 fully saturated rings. The van der Waals surface area contributed by atoms with Crippen LogP contribution in [0.4, 0.5) is 5.69 Å². The molecule has 0 aliphatic carbocycles. The van der Waals surface area contributed by atoms with Gasteiger partial charge in [0.05, 0.1) is 18.6 Å². The Balaban J connectivity index is 1.65. The average molecular weight is 450 g/mol. The fourth-order valence-corrected chi connectivity index (χ4v) is 3.98. The molecule has 3 rings (SSSR count). The number of benzene rings is 2. The third kappa shape index (κ3) is 5.51. The second-order valence-corrected chi connectivity index (χ2v) is 8.43. The number of esters is 1. The molecule has 0 atom stereocenters. The van der Waals surface area contributed by atoms with Crippen molar-refractivity contribution in [3.05, 3.63) is 48.5 Å². The van der Waals surface area contributed by atoms with E-state index in [9.17, 15) is 13.2 Å². The Bertz CT molecular complexity index is 1100. The van der Waals surface area contributed by atoms with Gasteiger partial charge in [-0.2, -0.15) is 0 Å². The minimum absolute atomic E-state index is 0.0710. The van der Waals surface area contributed by atoms with Crippen molar-refractivity contribution in [3.8, 4) is 17.2 Å². The molecule has 0 unspecified atom stereocenters. The molecule has 158 valence electrons. The van der Waals surface area contributed by atoms with Crippen LogP contribution < -0.4 is 9.46 Å². The third-order valence-corrected chi connectivity index (χ3v) is 5.97. The van der Waals surface area contributed by atoms with Crippen LogP contribution in [0.2, 0.25) is 0 Å². The SMILES string of the molecule is CCOC(=O)CSc1nnc(-c2ccc(NS(=O)(=O)c3ccc(OC)cc3)cc2)o1. The first-order valence-corrected chi connectivity index (χ1v) is 11.3. The van der Waals surface area contributed by atoms with Gasteiger partial charge in [-0.25, -0.2) is 8.42 Å². The van der Waals surface area contributed by atoms with Gasteiger partial charge in [-0.05, 0) is 55.5 Å². The third-order valence-electron chi connectivity index (χ3n) is 3.78. The largest absolute Gasteiger partial charge is 0.497 e. The van der Waals surface area contributed by atoms with Crippen molar-refractivity contribution in [1.29, 1.82) is 0 Å². The lowest BCUT2D eigenvalue weighted by atomic mass is 10.2. The first-order valence-electron chi connectivity index (χ1n) is 8.80. The van der Waals surface area contributed by atoms with Crippen LogP contribution in [0.3, 0.4) is 0 Å². The molecule has 0 saturated carbocycles. The summed E-state index contributed by atoms with van der Waals surface area (Å²) in [5.41, 5.74) is 0.990. The van der Waals surface area contributed by atoms with Gasteiger partial charge in [-0.3, -0.25) is 9.52 Å². The molecule has 30 heavy (non-hydrogen) atoms. The number of rotatable bonds is 9. The maximum Gasteiger partial charge on any atom is 0.316 e. The van der Waals surface area contributed by atoms with Crippen LogP contribution >= 0.6 is 11.8 Å². The smallest absolute Gasteiger partial charge is 0.316 e. The topological polar surface area (TPSA) is 121 Å². The van der Waals surface area contributed by atoms with E-state index < -0.39 is 10.0 Å². The van der Waals surface area contributed by atoms with Gasteiger partial charge in [0.1, 0.15) is 11.5 Å². The van der Waals surface area contributed by atoms with Gasteiger partial charge >= 0.3 is 5.97 Å². The fraction of sp³-hybridized carbons (Fsp3) is 0.211.